The summed E-state index contributed by atoms with van der Waals surface area (Å²) in [6, 6.07) is 7.71. The van der Waals surface area contributed by atoms with Gasteiger partial charge in [0.1, 0.15) is 0 Å². The molecule has 1 aliphatic carbocycles. The van der Waals surface area contributed by atoms with Crippen molar-refractivity contribution in [1.82, 2.24) is 14.5 Å². The van der Waals surface area contributed by atoms with Crippen LogP contribution in [0.2, 0.25) is 0 Å². The zero-order valence-electron chi connectivity index (χ0n) is 15.4. The van der Waals surface area contributed by atoms with Crippen molar-refractivity contribution in [2.24, 2.45) is 11.8 Å². The Hall–Kier alpha value is -1.82. The number of aromatic nitrogens is 2. The third kappa shape index (κ3) is 3.52. The van der Waals surface area contributed by atoms with Gasteiger partial charge >= 0.3 is 0 Å². The van der Waals surface area contributed by atoms with E-state index in [0.29, 0.717) is 33.6 Å². The summed E-state index contributed by atoms with van der Waals surface area (Å²) >= 11 is 1.41. The lowest BCUT2D eigenvalue weighted by Gasteiger charge is -2.35. The van der Waals surface area contributed by atoms with Gasteiger partial charge in [0.2, 0.25) is 5.91 Å². The standard InChI is InChI=1S/C20H25N3O2S/c1-13-9-14(2)11-22(10-13)18(24)12-26-20-21-17-6-4-3-5-16(17)19(25)23(20)15-7-8-15/h3-6,13-15H,7-12H2,1-2H3/t13-,14-/m0/s1. The summed E-state index contributed by atoms with van der Waals surface area (Å²) in [6.07, 6.45) is 3.22. The second-order valence-electron chi connectivity index (χ2n) is 7.85. The Morgan fingerprint density at radius 3 is 2.58 bits per heavy atom. The highest BCUT2D eigenvalue weighted by molar-refractivity contribution is 7.99. The number of nitrogens with zero attached hydrogens (tertiary/aromatic N) is 3. The molecule has 6 heteroatoms. The van der Waals surface area contributed by atoms with Crippen LogP contribution in [0.1, 0.15) is 39.2 Å². The number of piperidine rings is 1. The molecule has 1 saturated carbocycles. The molecule has 26 heavy (non-hydrogen) atoms. The van der Waals surface area contributed by atoms with Crippen molar-refractivity contribution < 1.29 is 4.79 Å². The molecule has 1 aliphatic heterocycles. The van der Waals surface area contributed by atoms with Gasteiger partial charge in [-0.1, -0.05) is 37.7 Å². The van der Waals surface area contributed by atoms with Crippen LogP contribution in [0.15, 0.2) is 34.2 Å². The van der Waals surface area contributed by atoms with Gasteiger partial charge in [-0.15, -0.1) is 0 Å². The maximum Gasteiger partial charge on any atom is 0.262 e. The topological polar surface area (TPSA) is 55.2 Å². The summed E-state index contributed by atoms with van der Waals surface area (Å²) in [4.78, 5) is 32.3. The first-order chi connectivity index (χ1) is 12.5. The quantitative estimate of drug-likeness (QED) is 0.611. The SMILES string of the molecule is C[C@H]1C[C@H](C)CN(C(=O)CSc2nc3ccccc3c(=O)n2C2CC2)C1. The Morgan fingerprint density at radius 2 is 1.88 bits per heavy atom. The molecule has 4 rings (SSSR count). The molecule has 1 aromatic carbocycles. The first-order valence-electron chi connectivity index (χ1n) is 9.44. The molecule has 2 aromatic rings. The van der Waals surface area contributed by atoms with Crippen LogP contribution in [0.5, 0.6) is 0 Å². The Morgan fingerprint density at radius 1 is 1.19 bits per heavy atom. The Kier molecular flexibility index (Phi) is 4.78. The van der Waals surface area contributed by atoms with Gasteiger partial charge in [-0.25, -0.2) is 4.98 Å². The van der Waals surface area contributed by atoms with E-state index in [4.69, 9.17) is 4.98 Å². The normalized spacial score (nSPS) is 23.4. The van der Waals surface area contributed by atoms with Crippen LogP contribution in [0.4, 0.5) is 0 Å². The second-order valence-corrected chi connectivity index (χ2v) is 8.79. The molecule has 0 spiro atoms. The fourth-order valence-electron chi connectivity index (χ4n) is 3.97. The van der Waals surface area contributed by atoms with E-state index in [1.54, 1.807) is 0 Å². The largest absolute Gasteiger partial charge is 0.341 e. The first-order valence-corrected chi connectivity index (χ1v) is 10.4. The third-order valence-corrected chi connectivity index (χ3v) is 6.17. The van der Waals surface area contributed by atoms with Gasteiger partial charge in [0, 0.05) is 19.1 Å². The number of thioether (sulfide) groups is 1. The van der Waals surface area contributed by atoms with E-state index in [1.165, 1.54) is 18.2 Å². The van der Waals surface area contributed by atoms with Gasteiger partial charge in [0.25, 0.3) is 5.56 Å². The average molecular weight is 372 g/mol. The highest BCUT2D eigenvalue weighted by atomic mass is 32.2. The van der Waals surface area contributed by atoms with Crippen LogP contribution in [-0.2, 0) is 4.79 Å². The number of benzene rings is 1. The predicted molar refractivity (Wildman–Crippen MR) is 105 cm³/mol. The van der Waals surface area contributed by atoms with E-state index in [2.05, 4.69) is 13.8 Å². The Labute approximate surface area is 157 Å². The lowest BCUT2D eigenvalue weighted by Crippen LogP contribution is -2.43. The van der Waals surface area contributed by atoms with Crippen molar-refractivity contribution in [2.75, 3.05) is 18.8 Å². The number of fused-ring (bicyclic) bond motifs is 1. The van der Waals surface area contributed by atoms with Gasteiger partial charge < -0.3 is 4.90 Å². The number of carbonyl (C=O) groups is 1. The average Bonchev–Trinajstić information content (AvgIpc) is 3.43. The molecule has 2 heterocycles. The minimum atomic E-state index is 0.0215. The summed E-state index contributed by atoms with van der Waals surface area (Å²) in [6.45, 7) is 6.09. The molecular weight excluding hydrogens is 346 g/mol. The monoisotopic (exact) mass is 371 g/mol. The molecule has 138 valence electrons. The minimum Gasteiger partial charge on any atom is -0.341 e. The Bertz CT molecular complexity index is 880. The van der Waals surface area contributed by atoms with Gasteiger partial charge in [0.05, 0.1) is 16.7 Å². The maximum absolute atomic E-state index is 12.9. The van der Waals surface area contributed by atoms with Crippen LogP contribution in [-0.4, -0.2) is 39.2 Å². The Balaban J connectivity index is 1.56. The third-order valence-electron chi connectivity index (χ3n) is 5.23. The lowest BCUT2D eigenvalue weighted by molar-refractivity contribution is -0.130. The van der Waals surface area contributed by atoms with E-state index < -0.39 is 0 Å². The summed E-state index contributed by atoms with van der Waals surface area (Å²) in [7, 11) is 0. The van der Waals surface area contributed by atoms with Crippen LogP contribution in [0.25, 0.3) is 10.9 Å². The van der Waals surface area contributed by atoms with Crippen molar-refractivity contribution in [3.05, 3.63) is 34.6 Å². The van der Waals surface area contributed by atoms with Gasteiger partial charge in [0.15, 0.2) is 5.16 Å². The number of hydrogen-bond acceptors (Lipinski definition) is 4. The van der Waals surface area contributed by atoms with Crippen LogP contribution in [0.3, 0.4) is 0 Å². The molecular formula is C20H25N3O2S. The maximum atomic E-state index is 12.9. The summed E-state index contributed by atoms with van der Waals surface area (Å²) in [5.41, 5.74) is 0.734. The van der Waals surface area contributed by atoms with E-state index in [9.17, 15) is 9.59 Å². The van der Waals surface area contributed by atoms with Crippen LogP contribution >= 0.6 is 11.8 Å². The van der Waals surface area contributed by atoms with E-state index >= 15 is 0 Å². The van der Waals surface area contributed by atoms with Gasteiger partial charge in [-0.2, -0.15) is 0 Å². The summed E-state index contributed by atoms with van der Waals surface area (Å²) < 4.78 is 1.81. The van der Waals surface area contributed by atoms with E-state index in [0.717, 1.165) is 25.9 Å². The molecule has 1 amide bonds. The van der Waals surface area contributed by atoms with E-state index in [-0.39, 0.29) is 17.5 Å². The molecule has 0 bridgehead atoms. The van der Waals surface area contributed by atoms with Crippen molar-refractivity contribution in [1.29, 1.82) is 0 Å². The minimum absolute atomic E-state index is 0.0215. The number of amides is 1. The molecule has 0 radical (unpaired) electrons. The summed E-state index contributed by atoms with van der Waals surface area (Å²) in [5, 5.41) is 1.34. The van der Waals surface area contributed by atoms with E-state index in [1.807, 2.05) is 33.7 Å². The number of carbonyl (C=O) groups excluding carboxylic acids is 1. The molecule has 2 atom stereocenters. The molecule has 1 aromatic heterocycles. The molecule has 5 nitrogen and oxygen atoms in total. The molecule has 1 saturated heterocycles. The highest BCUT2D eigenvalue weighted by Gasteiger charge is 2.30. The molecule has 0 unspecified atom stereocenters. The number of likely N-dealkylation sites (tertiary alicyclic amines) is 1. The van der Waals surface area contributed by atoms with Gasteiger partial charge in [-0.3, -0.25) is 14.2 Å². The molecule has 2 fully saturated rings. The predicted octanol–water partition coefficient (Wildman–Crippen LogP) is 3.33. The van der Waals surface area contributed by atoms with Crippen molar-refractivity contribution in [3.63, 3.8) is 0 Å². The number of para-hydroxylation sites is 1. The van der Waals surface area contributed by atoms with Crippen molar-refractivity contribution in [2.45, 2.75) is 44.3 Å². The van der Waals surface area contributed by atoms with Gasteiger partial charge in [-0.05, 0) is 43.2 Å². The number of hydrogen-bond donors (Lipinski definition) is 0. The zero-order chi connectivity index (χ0) is 18.3. The van der Waals surface area contributed by atoms with Crippen LogP contribution in [0, 0.1) is 11.8 Å². The fourth-order valence-corrected chi connectivity index (χ4v) is 4.94. The first kappa shape index (κ1) is 17.6. The van der Waals surface area contributed by atoms with Crippen molar-refractivity contribution in [3.8, 4) is 0 Å². The van der Waals surface area contributed by atoms with Crippen LogP contribution < -0.4 is 5.56 Å². The van der Waals surface area contributed by atoms with Crippen molar-refractivity contribution >= 4 is 28.6 Å². The summed E-state index contributed by atoms with van der Waals surface area (Å²) in [5.74, 6) is 1.60. The second kappa shape index (κ2) is 7.06. The zero-order valence-corrected chi connectivity index (χ0v) is 16.2. The molecule has 2 aliphatic rings. The smallest absolute Gasteiger partial charge is 0.262 e. The number of rotatable bonds is 4. The fraction of sp³-hybridized carbons (Fsp3) is 0.550. The molecule has 0 N–H and O–H groups in total. The lowest BCUT2D eigenvalue weighted by atomic mass is 9.92. The highest BCUT2D eigenvalue weighted by Crippen LogP contribution is 2.37.